The predicted octanol–water partition coefficient (Wildman–Crippen LogP) is 3.05. The smallest absolute Gasteiger partial charge is 0.210 e. The largest absolute Gasteiger partial charge is 0.359 e. The molecule has 0 bridgehead atoms. The third-order valence-corrected chi connectivity index (χ3v) is 3.91. The molecule has 0 saturated carbocycles. The van der Waals surface area contributed by atoms with Crippen LogP contribution in [0.5, 0.6) is 0 Å². The Morgan fingerprint density at radius 1 is 1.38 bits per heavy atom. The van der Waals surface area contributed by atoms with E-state index in [9.17, 15) is 0 Å². The van der Waals surface area contributed by atoms with E-state index < -0.39 is 0 Å². The molecule has 1 heterocycles. The second-order valence-electron chi connectivity index (χ2n) is 4.64. The molecule has 8 heteroatoms. The summed E-state index contributed by atoms with van der Waals surface area (Å²) < 4.78 is 1.71. The molecule has 2 aromatic rings. The fourth-order valence-corrected chi connectivity index (χ4v) is 2.82. The molecule has 0 saturated heterocycles. The highest BCUT2D eigenvalue weighted by Gasteiger charge is 2.07. The summed E-state index contributed by atoms with van der Waals surface area (Å²) >= 11 is 12.6. The summed E-state index contributed by atoms with van der Waals surface area (Å²) in [5.41, 5.74) is 4.21. The van der Waals surface area contributed by atoms with Crippen molar-refractivity contribution in [1.29, 1.82) is 0 Å². The molecule has 0 atom stereocenters. The van der Waals surface area contributed by atoms with Gasteiger partial charge in [-0.2, -0.15) is 0 Å². The Balaban J connectivity index is 1.94. The van der Waals surface area contributed by atoms with Crippen LogP contribution in [0, 0.1) is 0 Å². The summed E-state index contributed by atoms with van der Waals surface area (Å²) in [7, 11) is 0. The lowest BCUT2D eigenvalue weighted by atomic mass is 10.2. The lowest BCUT2D eigenvalue weighted by Gasteiger charge is -2.14. The van der Waals surface area contributed by atoms with Gasteiger partial charge in [-0.25, -0.2) is 4.68 Å². The molecule has 0 fully saturated rings. The first-order chi connectivity index (χ1) is 10.0. The van der Waals surface area contributed by atoms with Crippen molar-refractivity contribution in [3.8, 4) is 0 Å². The van der Waals surface area contributed by atoms with Crippen LogP contribution >= 0.6 is 35.6 Å². The maximum absolute atomic E-state index is 5.87. The molecule has 112 valence electrons. The summed E-state index contributed by atoms with van der Waals surface area (Å²) in [6, 6.07) is 8.01. The van der Waals surface area contributed by atoms with E-state index in [1.165, 1.54) is 5.56 Å². The lowest BCUT2D eigenvalue weighted by molar-refractivity contribution is 0.723. The van der Waals surface area contributed by atoms with Gasteiger partial charge in [0, 0.05) is 16.8 Å². The number of nitrogens with zero attached hydrogens (tertiary/aromatic N) is 3. The van der Waals surface area contributed by atoms with Crippen molar-refractivity contribution in [3.05, 3.63) is 41.2 Å². The second-order valence-corrected chi connectivity index (χ2v) is 6.43. The van der Waals surface area contributed by atoms with E-state index >= 15 is 0 Å². The zero-order chi connectivity index (χ0) is 15.2. The van der Waals surface area contributed by atoms with Gasteiger partial charge in [-0.05, 0) is 43.8 Å². The Morgan fingerprint density at radius 3 is 2.76 bits per heavy atom. The standard InChI is InChI=1S/C13H16ClN5S2/c1-9(2)16-12(20)18-19-8-15-17-13(19)21-7-10-3-5-11(14)6-4-10/h3-6,8-9H,7H2,1-2H3,(H2,16,18,20). The van der Waals surface area contributed by atoms with Gasteiger partial charge < -0.3 is 5.32 Å². The number of hydrogen-bond acceptors (Lipinski definition) is 4. The first kappa shape index (κ1) is 16.1. The van der Waals surface area contributed by atoms with Crippen LogP contribution in [-0.2, 0) is 5.75 Å². The lowest BCUT2D eigenvalue weighted by Crippen LogP contribution is -2.37. The van der Waals surface area contributed by atoms with Gasteiger partial charge in [-0.3, -0.25) is 5.43 Å². The van der Waals surface area contributed by atoms with Crippen LogP contribution in [0.4, 0.5) is 0 Å². The minimum Gasteiger partial charge on any atom is -0.359 e. The maximum Gasteiger partial charge on any atom is 0.210 e. The van der Waals surface area contributed by atoms with Crippen LogP contribution in [0.2, 0.25) is 5.02 Å². The number of thiocarbonyl (C=S) groups is 1. The zero-order valence-corrected chi connectivity index (χ0v) is 14.1. The highest BCUT2D eigenvalue weighted by Crippen LogP contribution is 2.21. The van der Waals surface area contributed by atoms with Gasteiger partial charge in [-0.1, -0.05) is 35.5 Å². The minimum atomic E-state index is 0.270. The molecule has 2 rings (SSSR count). The molecule has 5 nitrogen and oxygen atoms in total. The topological polar surface area (TPSA) is 54.8 Å². The van der Waals surface area contributed by atoms with E-state index in [1.807, 2.05) is 38.1 Å². The number of aromatic nitrogens is 3. The van der Waals surface area contributed by atoms with Gasteiger partial charge in [0.25, 0.3) is 0 Å². The Hall–Kier alpha value is -1.31. The average Bonchev–Trinajstić information content (AvgIpc) is 2.84. The van der Waals surface area contributed by atoms with Gasteiger partial charge in [0.15, 0.2) is 5.11 Å². The normalized spacial score (nSPS) is 10.7. The molecular formula is C13H16ClN5S2. The molecule has 0 spiro atoms. The summed E-state index contributed by atoms with van der Waals surface area (Å²) in [4.78, 5) is 0. The van der Waals surface area contributed by atoms with Gasteiger partial charge in [0.05, 0.1) is 0 Å². The summed E-state index contributed by atoms with van der Waals surface area (Å²) in [5, 5.41) is 13.1. The van der Waals surface area contributed by atoms with E-state index in [0.717, 1.165) is 15.9 Å². The van der Waals surface area contributed by atoms with E-state index in [-0.39, 0.29) is 6.04 Å². The fraction of sp³-hybridized carbons (Fsp3) is 0.308. The number of benzene rings is 1. The summed E-state index contributed by atoms with van der Waals surface area (Å²) in [6.07, 6.45) is 1.60. The molecular weight excluding hydrogens is 326 g/mol. The first-order valence-electron chi connectivity index (χ1n) is 6.39. The quantitative estimate of drug-likeness (QED) is 0.644. The molecule has 1 aromatic heterocycles. The van der Waals surface area contributed by atoms with E-state index in [4.69, 9.17) is 23.8 Å². The molecule has 0 amide bonds. The molecule has 0 aliphatic carbocycles. The Bertz CT molecular complexity index is 597. The van der Waals surface area contributed by atoms with Crippen molar-refractivity contribution in [2.24, 2.45) is 0 Å². The molecule has 0 aliphatic heterocycles. The van der Waals surface area contributed by atoms with Crippen LogP contribution < -0.4 is 10.7 Å². The van der Waals surface area contributed by atoms with Gasteiger partial charge in [0.2, 0.25) is 5.16 Å². The minimum absolute atomic E-state index is 0.270. The number of thioether (sulfide) groups is 1. The van der Waals surface area contributed by atoms with Gasteiger partial charge in [0.1, 0.15) is 6.33 Å². The molecule has 0 radical (unpaired) electrons. The summed E-state index contributed by atoms with van der Waals surface area (Å²) in [5.74, 6) is 0.780. The van der Waals surface area contributed by atoms with Crippen molar-refractivity contribution in [2.45, 2.75) is 30.8 Å². The number of halogens is 1. The second kappa shape index (κ2) is 7.63. The monoisotopic (exact) mass is 341 g/mol. The van der Waals surface area contributed by atoms with Crippen LogP contribution in [0.1, 0.15) is 19.4 Å². The summed E-state index contributed by atoms with van der Waals surface area (Å²) in [6.45, 7) is 4.05. The molecule has 0 aliphatic rings. The molecule has 1 aromatic carbocycles. The van der Waals surface area contributed by atoms with E-state index in [1.54, 1.807) is 22.8 Å². The van der Waals surface area contributed by atoms with Crippen molar-refractivity contribution in [1.82, 2.24) is 20.2 Å². The van der Waals surface area contributed by atoms with Crippen LogP contribution in [0.25, 0.3) is 0 Å². The van der Waals surface area contributed by atoms with E-state index in [0.29, 0.717) is 5.11 Å². The van der Waals surface area contributed by atoms with Crippen LogP contribution in [0.3, 0.4) is 0 Å². The third-order valence-electron chi connectivity index (χ3n) is 2.44. The van der Waals surface area contributed by atoms with Crippen molar-refractivity contribution in [3.63, 3.8) is 0 Å². The Labute approximate surface area is 138 Å². The van der Waals surface area contributed by atoms with Crippen molar-refractivity contribution < 1.29 is 0 Å². The fourth-order valence-electron chi connectivity index (χ4n) is 1.53. The number of rotatable bonds is 5. The zero-order valence-electron chi connectivity index (χ0n) is 11.7. The van der Waals surface area contributed by atoms with Crippen molar-refractivity contribution >= 4 is 40.7 Å². The number of hydrogen-bond donors (Lipinski definition) is 2. The van der Waals surface area contributed by atoms with Gasteiger partial charge >= 0.3 is 0 Å². The highest BCUT2D eigenvalue weighted by molar-refractivity contribution is 7.98. The first-order valence-corrected chi connectivity index (χ1v) is 8.16. The predicted molar refractivity (Wildman–Crippen MR) is 91.3 cm³/mol. The Morgan fingerprint density at radius 2 is 2.10 bits per heavy atom. The molecule has 0 unspecified atom stereocenters. The number of nitrogens with one attached hydrogen (secondary N) is 2. The van der Waals surface area contributed by atoms with Crippen LogP contribution in [-0.4, -0.2) is 26.0 Å². The SMILES string of the molecule is CC(C)NC(=S)Nn1cnnc1SCc1ccc(Cl)cc1. The molecule has 2 N–H and O–H groups in total. The van der Waals surface area contributed by atoms with Crippen molar-refractivity contribution in [2.75, 3.05) is 5.43 Å². The third kappa shape index (κ3) is 5.18. The average molecular weight is 342 g/mol. The molecule has 21 heavy (non-hydrogen) atoms. The highest BCUT2D eigenvalue weighted by atomic mass is 35.5. The van der Waals surface area contributed by atoms with Gasteiger partial charge in [-0.15, -0.1) is 10.2 Å². The maximum atomic E-state index is 5.87. The van der Waals surface area contributed by atoms with Crippen LogP contribution in [0.15, 0.2) is 35.7 Å². The van der Waals surface area contributed by atoms with E-state index in [2.05, 4.69) is 20.9 Å². The Kier molecular flexibility index (Phi) is 5.84.